The van der Waals surface area contributed by atoms with Gasteiger partial charge in [0, 0.05) is 5.38 Å². The third-order valence-corrected chi connectivity index (χ3v) is 2.38. The predicted molar refractivity (Wildman–Crippen MR) is 47.2 cm³/mol. The lowest BCUT2D eigenvalue weighted by Gasteiger charge is -1.93. The van der Waals surface area contributed by atoms with Gasteiger partial charge >= 0.3 is 5.97 Å². The third-order valence-electron chi connectivity index (χ3n) is 1.48. The van der Waals surface area contributed by atoms with Gasteiger partial charge in [-0.05, 0) is 6.42 Å². The van der Waals surface area contributed by atoms with Crippen LogP contribution in [0.25, 0.3) is 0 Å². The van der Waals surface area contributed by atoms with Crippen LogP contribution in [0.5, 0.6) is 0 Å². The van der Waals surface area contributed by atoms with Gasteiger partial charge in [0.15, 0.2) is 0 Å². The van der Waals surface area contributed by atoms with E-state index >= 15 is 0 Å². The van der Waals surface area contributed by atoms with Gasteiger partial charge < -0.3 is 4.74 Å². The molecule has 0 unspecified atom stereocenters. The molecule has 0 aromatic carbocycles. The quantitative estimate of drug-likeness (QED) is 0.668. The number of nitrogens with zero attached hydrogens (tertiary/aromatic N) is 1. The number of rotatable bonds is 3. The maximum absolute atomic E-state index is 10.8. The van der Waals surface area contributed by atoms with Crippen molar-refractivity contribution in [2.75, 3.05) is 7.11 Å². The van der Waals surface area contributed by atoms with Crippen LogP contribution in [0.4, 0.5) is 0 Å². The van der Waals surface area contributed by atoms with E-state index in [0.717, 1.165) is 17.1 Å². The van der Waals surface area contributed by atoms with Crippen molar-refractivity contribution < 1.29 is 9.53 Å². The first-order valence-electron chi connectivity index (χ1n) is 3.76. The summed E-state index contributed by atoms with van der Waals surface area (Å²) in [5.74, 6) is -0.230. The predicted octanol–water partition coefficient (Wildman–Crippen LogP) is 1.42. The van der Waals surface area contributed by atoms with Crippen LogP contribution in [0, 0.1) is 0 Å². The Morgan fingerprint density at radius 2 is 2.50 bits per heavy atom. The highest BCUT2D eigenvalue weighted by Crippen LogP contribution is 2.10. The summed E-state index contributed by atoms with van der Waals surface area (Å²) in [6.07, 6.45) is 1.21. The van der Waals surface area contributed by atoms with Crippen LogP contribution in [0.2, 0.25) is 0 Å². The average molecular weight is 185 g/mol. The van der Waals surface area contributed by atoms with Crippen LogP contribution in [-0.2, 0) is 22.4 Å². The number of carbonyl (C=O) groups excluding carboxylic acids is 1. The van der Waals surface area contributed by atoms with Gasteiger partial charge in [0.1, 0.15) is 5.01 Å². The van der Waals surface area contributed by atoms with Gasteiger partial charge in [-0.25, -0.2) is 4.98 Å². The van der Waals surface area contributed by atoms with Gasteiger partial charge in [0.2, 0.25) is 0 Å². The molecule has 0 aliphatic carbocycles. The van der Waals surface area contributed by atoms with E-state index < -0.39 is 0 Å². The minimum Gasteiger partial charge on any atom is -0.469 e. The first kappa shape index (κ1) is 9.19. The third kappa shape index (κ3) is 2.30. The molecular formula is C8H11NO2S. The monoisotopic (exact) mass is 185 g/mol. The van der Waals surface area contributed by atoms with E-state index in [0.29, 0.717) is 6.42 Å². The van der Waals surface area contributed by atoms with Crippen molar-refractivity contribution in [1.82, 2.24) is 4.98 Å². The molecule has 0 atom stereocenters. The summed E-state index contributed by atoms with van der Waals surface area (Å²) in [5, 5.41) is 2.80. The van der Waals surface area contributed by atoms with Crippen molar-refractivity contribution in [3.8, 4) is 0 Å². The van der Waals surface area contributed by atoms with Crippen molar-refractivity contribution in [3.05, 3.63) is 16.1 Å². The number of aryl methyl sites for hydroxylation is 1. The number of aromatic nitrogens is 1. The van der Waals surface area contributed by atoms with Crippen molar-refractivity contribution in [2.24, 2.45) is 0 Å². The molecule has 1 aromatic heterocycles. The molecule has 1 rings (SSSR count). The van der Waals surface area contributed by atoms with E-state index in [1.807, 2.05) is 12.3 Å². The summed E-state index contributed by atoms with van der Waals surface area (Å²) in [7, 11) is 1.39. The fourth-order valence-electron chi connectivity index (χ4n) is 0.788. The van der Waals surface area contributed by atoms with E-state index in [1.165, 1.54) is 18.4 Å². The molecule has 0 saturated heterocycles. The van der Waals surface area contributed by atoms with Crippen LogP contribution in [0.15, 0.2) is 5.38 Å². The molecule has 0 bridgehead atoms. The van der Waals surface area contributed by atoms with Crippen molar-refractivity contribution in [1.29, 1.82) is 0 Å². The largest absolute Gasteiger partial charge is 0.469 e. The van der Waals surface area contributed by atoms with E-state index in [2.05, 4.69) is 9.72 Å². The van der Waals surface area contributed by atoms with Crippen molar-refractivity contribution >= 4 is 17.3 Å². The van der Waals surface area contributed by atoms with Crippen molar-refractivity contribution in [2.45, 2.75) is 19.8 Å². The van der Waals surface area contributed by atoms with Gasteiger partial charge in [-0.2, -0.15) is 0 Å². The normalized spacial score (nSPS) is 9.83. The number of carbonyl (C=O) groups is 1. The fraction of sp³-hybridized carbons (Fsp3) is 0.500. The van der Waals surface area contributed by atoms with Crippen LogP contribution in [-0.4, -0.2) is 18.1 Å². The van der Waals surface area contributed by atoms with Gasteiger partial charge in [-0.3, -0.25) is 4.79 Å². The van der Waals surface area contributed by atoms with E-state index in [4.69, 9.17) is 0 Å². The van der Waals surface area contributed by atoms with Gasteiger partial charge in [-0.15, -0.1) is 11.3 Å². The molecule has 0 amide bonds. The summed E-state index contributed by atoms with van der Waals surface area (Å²) in [4.78, 5) is 15.1. The number of esters is 1. The smallest absolute Gasteiger partial charge is 0.312 e. The molecule has 0 aliphatic rings. The second kappa shape index (κ2) is 4.21. The lowest BCUT2D eigenvalue weighted by Crippen LogP contribution is -2.03. The maximum atomic E-state index is 10.8. The van der Waals surface area contributed by atoms with Crippen LogP contribution >= 0.6 is 11.3 Å². The molecule has 1 aromatic rings. The highest BCUT2D eigenvalue weighted by Gasteiger charge is 2.06. The Kier molecular flexibility index (Phi) is 3.22. The number of thiazole rings is 1. The van der Waals surface area contributed by atoms with Crippen LogP contribution < -0.4 is 0 Å². The minimum absolute atomic E-state index is 0.230. The van der Waals surface area contributed by atoms with E-state index in [9.17, 15) is 4.79 Å². The van der Waals surface area contributed by atoms with Gasteiger partial charge in [-0.1, -0.05) is 6.92 Å². The van der Waals surface area contributed by atoms with Gasteiger partial charge in [0.25, 0.3) is 0 Å². The summed E-state index contributed by atoms with van der Waals surface area (Å²) in [6, 6.07) is 0. The molecule has 0 saturated carbocycles. The Morgan fingerprint density at radius 1 is 1.75 bits per heavy atom. The summed E-state index contributed by atoms with van der Waals surface area (Å²) in [5.41, 5.74) is 1.04. The van der Waals surface area contributed by atoms with E-state index in [-0.39, 0.29) is 5.97 Å². The van der Waals surface area contributed by atoms with Crippen LogP contribution in [0.1, 0.15) is 17.6 Å². The number of ether oxygens (including phenoxy) is 1. The molecule has 0 radical (unpaired) electrons. The number of hydrogen-bond donors (Lipinski definition) is 0. The summed E-state index contributed by atoms with van der Waals surface area (Å²) < 4.78 is 4.52. The van der Waals surface area contributed by atoms with Crippen molar-refractivity contribution in [3.63, 3.8) is 0 Å². The molecule has 66 valence electrons. The second-order valence-corrected chi connectivity index (χ2v) is 3.28. The lowest BCUT2D eigenvalue weighted by molar-refractivity contribution is -0.139. The molecule has 3 nitrogen and oxygen atoms in total. The molecule has 12 heavy (non-hydrogen) atoms. The summed E-state index contributed by atoms with van der Waals surface area (Å²) >= 11 is 1.51. The molecule has 0 spiro atoms. The molecule has 1 heterocycles. The topological polar surface area (TPSA) is 39.2 Å². The summed E-state index contributed by atoms with van der Waals surface area (Å²) in [6.45, 7) is 2.04. The Bertz CT molecular complexity index is 270. The van der Waals surface area contributed by atoms with E-state index in [1.54, 1.807) is 0 Å². The number of hydrogen-bond acceptors (Lipinski definition) is 4. The average Bonchev–Trinajstić information content (AvgIpc) is 2.52. The molecule has 4 heteroatoms. The minimum atomic E-state index is -0.230. The highest BCUT2D eigenvalue weighted by molar-refractivity contribution is 7.09. The molecule has 0 fully saturated rings. The molecule has 0 N–H and O–H groups in total. The SMILES string of the molecule is CCc1csc(CC(=O)OC)n1. The zero-order valence-electron chi connectivity index (χ0n) is 7.16. The molecular weight excluding hydrogens is 174 g/mol. The Labute approximate surface area is 75.4 Å². The zero-order valence-corrected chi connectivity index (χ0v) is 7.98. The second-order valence-electron chi connectivity index (χ2n) is 2.34. The molecule has 0 aliphatic heterocycles. The fourth-order valence-corrected chi connectivity index (χ4v) is 1.65. The Hall–Kier alpha value is -0.900. The first-order chi connectivity index (χ1) is 5.76. The van der Waals surface area contributed by atoms with Crippen LogP contribution in [0.3, 0.4) is 0 Å². The zero-order chi connectivity index (χ0) is 8.97. The highest BCUT2D eigenvalue weighted by atomic mass is 32.1. The van der Waals surface area contributed by atoms with Gasteiger partial charge in [0.05, 0.1) is 19.2 Å². The standard InChI is InChI=1S/C8H11NO2S/c1-3-6-5-12-7(9-6)4-8(10)11-2/h5H,3-4H2,1-2H3. The Morgan fingerprint density at radius 3 is 3.00 bits per heavy atom. The number of methoxy groups -OCH3 is 1. The lowest BCUT2D eigenvalue weighted by atomic mass is 10.4. The Balaban J connectivity index is 2.58. The maximum Gasteiger partial charge on any atom is 0.312 e. The first-order valence-corrected chi connectivity index (χ1v) is 4.64.